The van der Waals surface area contributed by atoms with Crippen LogP contribution < -0.4 is 10.5 Å². The summed E-state index contributed by atoms with van der Waals surface area (Å²) >= 11 is 0. The molecule has 26 heavy (non-hydrogen) atoms. The molecule has 0 unspecified atom stereocenters. The van der Waals surface area contributed by atoms with Crippen LogP contribution in [0.15, 0.2) is 48.5 Å². The monoisotopic (exact) mass is 356 g/mol. The minimum absolute atomic E-state index is 0.0305. The summed E-state index contributed by atoms with van der Waals surface area (Å²) in [7, 11) is 0. The minimum atomic E-state index is -0.333. The van der Waals surface area contributed by atoms with Crippen molar-refractivity contribution in [3.8, 4) is 5.75 Å². The van der Waals surface area contributed by atoms with Gasteiger partial charge in [-0.3, -0.25) is 4.79 Å². The van der Waals surface area contributed by atoms with Gasteiger partial charge in [-0.15, -0.1) is 0 Å². The lowest BCUT2D eigenvalue weighted by atomic mass is 9.92. The number of carbonyl (C=O) groups excluding carboxylic acids is 1. The molecular formula is C21H25FN2O2. The van der Waals surface area contributed by atoms with Gasteiger partial charge in [0.1, 0.15) is 18.2 Å². The van der Waals surface area contributed by atoms with Crippen LogP contribution in [0.25, 0.3) is 0 Å². The van der Waals surface area contributed by atoms with Crippen molar-refractivity contribution in [1.82, 2.24) is 4.90 Å². The van der Waals surface area contributed by atoms with Crippen molar-refractivity contribution in [2.24, 2.45) is 11.7 Å². The summed E-state index contributed by atoms with van der Waals surface area (Å²) < 4.78 is 18.8. The molecule has 1 aliphatic rings. The molecule has 0 spiro atoms. The number of likely N-dealkylation sites (tertiary alicyclic amines) is 1. The standard InChI is InChI=1S/C21H25FN2O2/c1-15(23)18-7-4-10-24(13-18)21(25)17-6-2-5-16(11-17)14-26-20-9-3-8-19(22)12-20/h2-3,5-6,8-9,11-12,15,18H,4,7,10,13-14,23H2,1H3/t15-,18-/m1/s1. The Hall–Kier alpha value is -2.40. The van der Waals surface area contributed by atoms with Gasteiger partial charge in [-0.1, -0.05) is 18.2 Å². The lowest BCUT2D eigenvalue weighted by Gasteiger charge is -2.34. The molecule has 1 aliphatic heterocycles. The zero-order valence-corrected chi connectivity index (χ0v) is 15.0. The first-order valence-corrected chi connectivity index (χ1v) is 9.05. The average molecular weight is 356 g/mol. The van der Waals surface area contributed by atoms with Crippen molar-refractivity contribution < 1.29 is 13.9 Å². The molecule has 2 atom stereocenters. The third-order valence-electron chi connectivity index (χ3n) is 4.86. The zero-order valence-electron chi connectivity index (χ0n) is 15.0. The summed E-state index contributed by atoms with van der Waals surface area (Å²) in [5.74, 6) is 0.521. The molecule has 4 nitrogen and oxygen atoms in total. The largest absolute Gasteiger partial charge is 0.489 e. The van der Waals surface area contributed by atoms with Crippen molar-refractivity contribution in [3.05, 3.63) is 65.5 Å². The molecule has 1 saturated heterocycles. The normalized spacial score (nSPS) is 18.4. The van der Waals surface area contributed by atoms with E-state index in [1.165, 1.54) is 12.1 Å². The van der Waals surface area contributed by atoms with Gasteiger partial charge in [-0.25, -0.2) is 4.39 Å². The second-order valence-corrected chi connectivity index (χ2v) is 6.96. The summed E-state index contributed by atoms with van der Waals surface area (Å²) in [6.07, 6.45) is 2.06. The van der Waals surface area contributed by atoms with E-state index in [1.54, 1.807) is 12.1 Å². The van der Waals surface area contributed by atoms with Crippen LogP contribution in [-0.4, -0.2) is 29.9 Å². The summed E-state index contributed by atoms with van der Waals surface area (Å²) in [6.45, 7) is 3.77. The molecule has 2 aromatic rings. The first-order chi connectivity index (χ1) is 12.5. The Balaban J connectivity index is 1.65. The topological polar surface area (TPSA) is 55.6 Å². The molecule has 0 bridgehead atoms. The Bertz CT molecular complexity index is 763. The van der Waals surface area contributed by atoms with Crippen LogP contribution in [0, 0.1) is 11.7 Å². The van der Waals surface area contributed by atoms with E-state index in [2.05, 4.69) is 0 Å². The number of rotatable bonds is 5. The molecule has 2 N–H and O–H groups in total. The highest BCUT2D eigenvalue weighted by atomic mass is 19.1. The fraction of sp³-hybridized carbons (Fsp3) is 0.381. The molecule has 0 aromatic heterocycles. The maximum Gasteiger partial charge on any atom is 0.253 e. The number of hydrogen-bond donors (Lipinski definition) is 1. The SMILES string of the molecule is C[C@@H](N)[C@@H]1CCCN(C(=O)c2cccc(COc3cccc(F)c3)c2)C1. The summed E-state index contributed by atoms with van der Waals surface area (Å²) in [6, 6.07) is 13.5. The lowest BCUT2D eigenvalue weighted by molar-refractivity contribution is 0.0661. The Morgan fingerprint density at radius 3 is 2.88 bits per heavy atom. The molecular weight excluding hydrogens is 331 g/mol. The van der Waals surface area contributed by atoms with Gasteiger partial charge >= 0.3 is 0 Å². The van der Waals surface area contributed by atoms with Gasteiger partial charge in [0.05, 0.1) is 0 Å². The lowest BCUT2D eigenvalue weighted by Crippen LogP contribution is -2.45. The zero-order chi connectivity index (χ0) is 18.5. The highest BCUT2D eigenvalue weighted by Crippen LogP contribution is 2.21. The van der Waals surface area contributed by atoms with Gasteiger partial charge in [0, 0.05) is 30.8 Å². The number of piperidine rings is 1. The third-order valence-corrected chi connectivity index (χ3v) is 4.86. The summed E-state index contributed by atoms with van der Waals surface area (Å²) in [5, 5.41) is 0. The number of ether oxygens (including phenoxy) is 1. The number of carbonyl (C=O) groups is 1. The van der Waals surface area contributed by atoms with Gasteiger partial charge in [0.25, 0.3) is 5.91 Å². The summed E-state index contributed by atoms with van der Waals surface area (Å²) in [4.78, 5) is 14.7. The van der Waals surface area contributed by atoms with Crippen LogP contribution in [0.2, 0.25) is 0 Å². The summed E-state index contributed by atoms with van der Waals surface area (Å²) in [5.41, 5.74) is 7.54. The predicted octanol–water partition coefficient (Wildman–Crippen LogP) is 3.60. The third kappa shape index (κ3) is 4.61. The Morgan fingerprint density at radius 1 is 1.31 bits per heavy atom. The number of nitrogens with zero attached hydrogens (tertiary/aromatic N) is 1. The average Bonchev–Trinajstić information content (AvgIpc) is 2.66. The molecule has 1 heterocycles. The van der Waals surface area contributed by atoms with Crippen LogP contribution in [0.4, 0.5) is 4.39 Å². The fourth-order valence-corrected chi connectivity index (χ4v) is 3.32. The van der Waals surface area contributed by atoms with E-state index in [1.807, 2.05) is 36.1 Å². The quantitative estimate of drug-likeness (QED) is 0.890. The van der Waals surface area contributed by atoms with Crippen LogP contribution in [-0.2, 0) is 6.61 Å². The molecule has 1 amide bonds. The van der Waals surface area contributed by atoms with Crippen LogP contribution >= 0.6 is 0 Å². The molecule has 5 heteroatoms. The molecule has 3 rings (SSSR count). The fourth-order valence-electron chi connectivity index (χ4n) is 3.32. The maximum atomic E-state index is 13.2. The van der Waals surface area contributed by atoms with E-state index < -0.39 is 0 Å². The number of amides is 1. The Labute approximate surface area is 153 Å². The number of halogens is 1. The first-order valence-electron chi connectivity index (χ1n) is 9.05. The van der Waals surface area contributed by atoms with Crippen LogP contribution in [0.3, 0.4) is 0 Å². The number of hydrogen-bond acceptors (Lipinski definition) is 3. The second-order valence-electron chi connectivity index (χ2n) is 6.96. The molecule has 0 radical (unpaired) electrons. The van der Waals surface area contributed by atoms with Crippen LogP contribution in [0.5, 0.6) is 5.75 Å². The first kappa shape index (κ1) is 18.4. The molecule has 2 aromatic carbocycles. The number of nitrogens with two attached hydrogens (primary N) is 1. The molecule has 0 aliphatic carbocycles. The van der Waals surface area contributed by atoms with Gasteiger partial charge in [0.15, 0.2) is 0 Å². The van der Waals surface area contributed by atoms with E-state index in [0.717, 1.165) is 24.9 Å². The minimum Gasteiger partial charge on any atom is -0.489 e. The van der Waals surface area contributed by atoms with E-state index in [9.17, 15) is 9.18 Å². The predicted molar refractivity (Wildman–Crippen MR) is 99.5 cm³/mol. The van der Waals surface area contributed by atoms with E-state index in [4.69, 9.17) is 10.5 Å². The molecule has 138 valence electrons. The maximum absolute atomic E-state index is 13.2. The van der Waals surface area contributed by atoms with E-state index >= 15 is 0 Å². The molecule has 1 fully saturated rings. The number of benzene rings is 2. The van der Waals surface area contributed by atoms with Crippen LogP contribution in [0.1, 0.15) is 35.7 Å². The van der Waals surface area contributed by atoms with Crippen molar-refractivity contribution in [1.29, 1.82) is 0 Å². The van der Waals surface area contributed by atoms with Crippen molar-refractivity contribution in [3.63, 3.8) is 0 Å². The second kappa shape index (κ2) is 8.32. The Kier molecular flexibility index (Phi) is 5.89. The van der Waals surface area contributed by atoms with Gasteiger partial charge in [-0.2, -0.15) is 0 Å². The Morgan fingerprint density at radius 2 is 2.12 bits per heavy atom. The highest BCUT2D eigenvalue weighted by molar-refractivity contribution is 5.94. The van der Waals surface area contributed by atoms with Crippen molar-refractivity contribution in [2.45, 2.75) is 32.4 Å². The molecule has 0 saturated carbocycles. The van der Waals surface area contributed by atoms with E-state index in [0.29, 0.717) is 23.8 Å². The van der Waals surface area contributed by atoms with Gasteiger partial charge in [-0.05, 0) is 55.5 Å². The highest BCUT2D eigenvalue weighted by Gasteiger charge is 2.26. The van der Waals surface area contributed by atoms with Gasteiger partial charge in [0.2, 0.25) is 0 Å². The van der Waals surface area contributed by atoms with Gasteiger partial charge < -0.3 is 15.4 Å². The van der Waals surface area contributed by atoms with E-state index in [-0.39, 0.29) is 24.4 Å². The smallest absolute Gasteiger partial charge is 0.253 e. The van der Waals surface area contributed by atoms with Crippen molar-refractivity contribution in [2.75, 3.05) is 13.1 Å². The van der Waals surface area contributed by atoms with Crippen molar-refractivity contribution >= 4 is 5.91 Å².